The maximum atomic E-state index is 12.7. The molecule has 26 heavy (non-hydrogen) atoms. The van der Waals surface area contributed by atoms with Gasteiger partial charge in [-0.2, -0.15) is 9.57 Å². The summed E-state index contributed by atoms with van der Waals surface area (Å²) in [5, 5.41) is 8.99. The van der Waals surface area contributed by atoms with E-state index in [1.807, 2.05) is 6.07 Å². The lowest BCUT2D eigenvalue weighted by atomic mass is 10.1. The Hall–Kier alpha value is -2.70. The van der Waals surface area contributed by atoms with Gasteiger partial charge in [0.25, 0.3) is 15.9 Å². The van der Waals surface area contributed by atoms with Crippen LogP contribution in [-0.2, 0) is 17.1 Å². The molecule has 0 bridgehead atoms. The molecule has 9 heteroatoms. The predicted molar refractivity (Wildman–Crippen MR) is 93.6 cm³/mol. The van der Waals surface area contributed by atoms with Gasteiger partial charge in [0.2, 0.25) is 0 Å². The van der Waals surface area contributed by atoms with Crippen LogP contribution in [0.3, 0.4) is 0 Å². The zero-order valence-corrected chi connectivity index (χ0v) is 15.2. The summed E-state index contributed by atoms with van der Waals surface area (Å²) in [6.07, 6.45) is 3.45. The lowest BCUT2D eigenvalue weighted by Gasteiger charge is -2.21. The maximum Gasteiger partial charge on any atom is 0.262 e. The van der Waals surface area contributed by atoms with Crippen LogP contribution >= 0.6 is 0 Å². The number of hydrogen-bond acceptors (Lipinski definition) is 5. The summed E-state index contributed by atoms with van der Waals surface area (Å²) < 4.78 is 28.3. The first-order chi connectivity index (χ1) is 12.4. The summed E-state index contributed by atoms with van der Waals surface area (Å²) in [6, 6.07) is 8.54. The number of carbonyl (C=O) groups is 1. The number of amides is 1. The predicted octanol–water partition coefficient (Wildman–Crippen LogP) is 0.829. The smallest absolute Gasteiger partial charge is 0.262 e. The molecule has 1 fully saturated rings. The van der Waals surface area contributed by atoms with Crippen LogP contribution in [0.1, 0.15) is 22.3 Å². The number of imidazole rings is 1. The third kappa shape index (κ3) is 3.61. The third-order valence-corrected chi connectivity index (χ3v) is 6.05. The van der Waals surface area contributed by atoms with E-state index in [1.165, 1.54) is 16.8 Å². The van der Waals surface area contributed by atoms with E-state index in [4.69, 9.17) is 5.26 Å². The lowest BCUT2D eigenvalue weighted by molar-refractivity contribution is 0.0764. The number of carbonyl (C=O) groups excluding carboxylic acids is 1. The van der Waals surface area contributed by atoms with Crippen molar-refractivity contribution in [3.8, 4) is 6.07 Å². The Kier molecular flexibility index (Phi) is 5.06. The highest BCUT2D eigenvalue weighted by atomic mass is 32.2. The van der Waals surface area contributed by atoms with Crippen LogP contribution in [-0.4, -0.2) is 59.3 Å². The van der Waals surface area contributed by atoms with Crippen LogP contribution in [0.15, 0.2) is 41.8 Å². The second-order valence-electron chi connectivity index (χ2n) is 6.12. The molecule has 1 saturated heterocycles. The van der Waals surface area contributed by atoms with E-state index in [-0.39, 0.29) is 17.5 Å². The zero-order valence-electron chi connectivity index (χ0n) is 14.4. The van der Waals surface area contributed by atoms with Crippen LogP contribution in [0.4, 0.5) is 0 Å². The molecule has 1 aromatic carbocycles. The first-order valence-electron chi connectivity index (χ1n) is 8.19. The Morgan fingerprint density at radius 1 is 1.23 bits per heavy atom. The molecule has 0 N–H and O–H groups in total. The van der Waals surface area contributed by atoms with Crippen molar-refractivity contribution in [2.24, 2.45) is 7.05 Å². The minimum absolute atomic E-state index is 0.0153. The van der Waals surface area contributed by atoms with Crippen molar-refractivity contribution in [3.63, 3.8) is 0 Å². The van der Waals surface area contributed by atoms with Gasteiger partial charge in [0, 0.05) is 45.0 Å². The molecule has 1 aliphatic heterocycles. The normalized spacial score (nSPS) is 16.1. The molecule has 1 aliphatic rings. The summed E-state index contributed by atoms with van der Waals surface area (Å²) in [5.74, 6) is -0.195. The molecule has 0 saturated carbocycles. The van der Waals surface area contributed by atoms with Crippen LogP contribution < -0.4 is 0 Å². The lowest BCUT2D eigenvalue weighted by Crippen LogP contribution is -2.37. The molecule has 2 heterocycles. The van der Waals surface area contributed by atoms with Gasteiger partial charge in [0.15, 0.2) is 5.03 Å². The molecule has 136 valence electrons. The van der Waals surface area contributed by atoms with E-state index in [0.29, 0.717) is 37.2 Å². The topological polar surface area (TPSA) is 99.3 Å². The highest BCUT2D eigenvalue weighted by Gasteiger charge is 2.30. The number of nitriles is 1. The van der Waals surface area contributed by atoms with Gasteiger partial charge in [-0.1, -0.05) is 6.07 Å². The number of benzene rings is 1. The Morgan fingerprint density at radius 3 is 2.73 bits per heavy atom. The molecule has 3 rings (SSSR count). The Labute approximate surface area is 152 Å². The summed E-state index contributed by atoms with van der Waals surface area (Å²) in [4.78, 5) is 18.2. The fourth-order valence-electron chi connectivity index (χ4n) is 2.90. The van der Waals surface area contributed by atoms with E-state index in [2.05, 4.69) is 4.98 Å². The Morgan fingerprint density at radius 2 is 2.04 bits per heavy atom. The molecular formula is C17H19N5O3S. The second-order valence-corrected chi connectivity index (χ2v) is 8.00. The van der Waals surface area contributed by atoms with Crippen molar-refractivity contribution in [1.29, 1.82) is 5.26 Å². The van der Waals surface area contributed by atoms with Crippen molar-refractivity contribution >= 4 is 15.9 Å². The molecule has 1 aromatic heterocycles. The number of hydrogen-bond donors (Lipinski definition) is 0. The third-order valence-electron chi connectivity index (χ3n) is 4.27. The monoisotopic (exact) mass is 373 g/mol. The number of aryl methyl sites for hydroxylation is 1. The van der Waals surface area contributed by atoms with Gasteiger partial charge in [0.05, 0.1) is 18.0 Å². The quantitative estimate of drug-likeness (QED) is 0.793. The summed E-state index contributed by atoms with van der Waals surface area (Å²) >= 11 is 0. The largest absolute Gasteiger partial charge is 0.339 e. The minimum Gasteiger partial charge on any atom is -0.339 e. The fraction of sp³-hybridized carbons (Fsp3) is 0.353. The number of sulfonamides is 1. The van der Waals surface area contributed by atoms with Crippen LogP contribution in [0.5, 0.6) is 0 Å². The van der Waals surface area contributed by atoms with Crippen molar-refractivity contribution in [2.75, 3.05) is 26.2 Å². The zero-order chi connectivity index (χ0) is 18.7. The highest BCUT2D eigenvalue weighted by Crippen LogP contribution is 2.17. The van der Waals surface area contributed by atoms with Gasteiger partial charge >= 0.3 is 0 Å². The van der Waals surface area contributed by atoms with E-state index in [9.17, 15) is 13.2 Å². The van der Waals surface area contributed by atoms with Crippen molar-refractivity contribution in [3.05, 3.63) is 47.9 Å². The summed E-state index contributed by atoms with van der Waals surface area (Å²) in [6.45, 7) is 1.30. The molecule has 1 amide bonds. The molecule has 2 aromatic rings. The summed E-state index contributed by atoms with van der Waals surface area (Å²) in [7, 11) is -1.96. The average Bonchev–Trinajstić information content (AvgIpc) is 2.94. The molecule has 8 nitrogen and oxygen atoms in total. The van der Waals surface area contributed by atoms with E-state index >= 15 is 0 Å². The minimum atomic E-state index is -3.67. The molecule has 0 spiro atoms. The van der Waals surface area contributed by atoms with Gasteiger partial charge < -0.3 is 9.47 Å². The highest BCUT2D eigenvalue weighted by molar-refractivity contribution is 7.89. The maximum absolute atomic E-state index is 12.7. The standard InChI is InChI=1S/C17H19N5O3S/c1-20-12-16(19-13-20)26(24,25)22-7-3-6-21(8-9-22)17(23)15-5-2-4-14(10-15)11-18/h2,4-5,10,12-13H,3,6-9H2,1H3. The number of rotatable bonds is 3. The number of aromatic nitrogens is 2. The van der Waals surface area contributed by atoms with Crippen molar-refractivity contribution in [1.82, 2.24) is 18.8 Å². The Balaban J connectivity index is 1.74. The van der Waals surface area contributed by atoms with E-state index in [1.54, 1.807) is 40.8 Å². The van der Waals surface area contributed by atoms with Gasteiger partial charge in [-0.3, -0.25) is 4.79 Å². The van der Waals surface area contributed by atoms with Gasteiger partial charge in [0.1, 0.15) is 0 Å². The molecule has 0 unspecified atom stereocenters. The summed E-state index contributed by atoms with van der Waals surface area (Å²) in [5.41, 5.74) is 0.857. The number of nitrogens with zero attached hydrogens (tertiary/aromatic N) is 5. The first kappa shape index (κ1) is 18.1. The van der Waals surface area contributed by atoms with Crippen LogP contribution in [0.25, 0.3) is 0 Å². The van der Waals surface area contributed by atoms with Crippen molar-refractivity contribution in [2.45, 2.75) is 11.4 Å². The van der Waals surface area contributed by atoms with Crippen molar-refractivity contribution < 1.29 is 13.2 Å². The molecule has 0 radical (unpaired) electrons. The van der Waals surface area contributed by atoms with Gasteiger partial charge in [-0.05, 0) is 24.6 Å². The Bertz CT molecular complexity index is 961. The molecule has 0 atom stereocenters. The van der Waals surface area contributed by atoms with Gasteiger partial charge in [-0.15, -0.1) is 0 Å². The fourth-order valence-corrected chi connectivity index (χ4v) is 4.33. The molecule has 0 aliphatic carbocycles. The van der Waals surface area contributed by atoms with Crippen LogP contribution in [0.2, 0.25) is 0 Å². The van der Waals surface area contributed by atoms with Crippen LogP contribution in [0, 0.1) is 11.3 Å². The average molecular weight is 373 g/mol. The first-order valence-corrected chi connectivity index (χ1v) is 9.63. The van der Waals surface area contributed by atoms with E-state index < -0.39 is 10.0 Å². The molecular weight excluding hydrogens is 354 g/mol. The van der Waals surface area contributed by atoms with E-state index in [0.717, 1.165) is 0 Å². The van der Waals surface area contributed by atoms with Gasteiger partial charge in [-0.25, -0.2) is 13.4 Å². The second kappa shape index (κ2) is 7.27. The SMILES string of the molecule is Cn1cnc(S(=O)(=O)N2CCCN(C(=O)c3cccc(C#N)c3)CC2)c1.